The van der Waals surface area contributed by atoms with Crippen molar-refractivity contribution >= 4 is 11.4 Å². The summed E-state index contributed by atoms with van der Waals surface area (Å²) < 4.78 is 5.36. The highest BCUT2D eigenvalue weighted by atomic mass is 16.6. The van der Waals surface area contributed by atoms with Crippen LogP contribution < -0.4 is 5.32 Å². The molecule has 5 heteroatoms. The second-order valence-corrected chi connectivity index (χ2v) is 4.28. The molecule has 1 heterocycles. The van der Waals surface area contributed by atoms with E-state index in [1.54, 1.807) is 6.07 Å². The van der Waals surface area contributed by atoms with Crippen molar-refractivity contribution in [3.63, 3.8) is 0 Å². The fourth-order valence-corrected chi connectivity index (χ4v) is 2.05. The number of para-hydroxylation sites is 1. The van der Waals surface area contributed by atoms with Gasteiger partial charge in [-0.15, -0.1) is 0 Å². The summed E-state index contributed by atoms with van der Waals surface area (Å²) >= 11 is 0. The van der Waals surface area contributed by atoms with Crippen LogP contribution in [0.1, 0.15) is 18.4 Å². The molecule has 0 spiro atoms. The lowest BCUT2D eigenvalue weighted by Crippen LogP contribution is -2.30. The van der Waals surface area contributed by atoms with E-state index in [1.165, 1.54) is 6.07 Å². The lowest BCUT2D eigenvalue weighted by atomic mass is 10.1. The van der Waals surface area contributed by atoms with Gasteiger partial charge in [0.15, 0.2) is 0 Å². The van der Waals surface area contributed by atoms with E-state index in [0.29, 0.717) is 12.3 Å². The molecule has 1 aromatic rings. The minimum atomic E-state index is -0.348. The third-order valence-corrected chi connectivity index (χ3v) is 2.96. The molecule has 17 heavy (non-hydrogen) atoms. The van der Waals surface area contributed by atoms with Crippen LogP contribution >= 0.6 is 0 Å². The number of nitro groups is 1. The largest absolute Gasteiger partial charge is 0.379 e. The van der Waals surface area contributed by atoms with Gasteiger partial charge in [-0.2, -0.15) is 0 Å². The van der Waals surface area contributed by atoms with Gasteiger partial charge in [-0.05, 0) is 25.3 Å². The summed E-state index contributed by atoms with van der Waals surface area (Å²) in [6.07, 6.45) is 1.99. The number of ether oxygens (including phenoxy) is 1. The van der Waals surface area contributed by atoms with E-state index in [-0.39, 0.29) is 16.7 Å². The van der Waals surface area contributed by atoms with Crippen molar-refractivity contribution in [3.05, 3.63) is 33.9 Å². The van der Waals surface area contributed by atoms with Gasteiger partial charge in [-0.3, -0.25) is 10.1 Å². The van der Waals surface area contributed by atoms with E-state index in [9.17, 15) is 10.1 Å². The Labute approximate surface area is 99.9 Å². The number of anilines is 1. The monoisotopic (exact) mass is 236 g/mol. The lowest BCUT2D eigenvalue weighted by molar-refractivity contribution is -0.384. The maximum atomic E-state index is 10.9. The van der Waals surface area contributed by atoms with Crippen LogP contribution in [0.4, 0.5) is 11.4 Å². The first kappa shape index (κ1) is 11.9. The van der Waals surface area contributed by atoms with Crippen molar-refractivity contribution in [2.45, 2.75) is 25.8 Å². The summed E-state index contributed by atoms with van der Waals surface area (Å²) in [5, 5.41) is 14.2. The molecule has 1 aliphatic rings. The highest BCUT2D eigenvalue weighted by molar-refractivity contribution is 5.66. The highest BCUT2D eigenvalue weighted by Gasteiger charge is 2.20. The van der Waals surface area contributed by atoms with Crippen LogP contribution in [0, 0.1) is 17.0 Å². The predicted octanol–water partition coefficient (Wildman–Crippen LogP) is 2.49. The Bertz CT molecular complexity index is 414. The summed E-state index contributed by atoms with van der Waals surface area (Å²) in [5.41, 5.74) is 1.65. The molecule has 2 rings (SSSR count). The Kier molecular flexibility index (Phi) is 3.58. The molecule has 0 saturated carbocycles. The molecule has 0 amide bonds. The van der Waals surface area contributed by atoms with Crippen molar-refractivity contribution in [1.82, 2.24) is 0 Å². The topological polar surface area (TPSA) is 64.4 Å². The number of nitro benzene ring substituents is 1. The SMILES string of the molecule is Cc1cccc([N+](=O)[O-])c1NC1CCCOC1. The molecule has 1 atom stereocenters. The van der Waals surface area contributed by atoms with Gasteiger partial charge in [0.05, 0.1) is 11.5 Å². The summed E-state index contributed by atoms with van der Waals surface area (Å²) in [6, 6.07) is 5.28. The van der Waals surface area contributed by atoms with Gasteiger partial charge in [0, 0.05) is 18.7 Å². The Morgan fingerprint density at radius 2 is 2.35 bits per heavy atom. The summed E-state index contributed by atoms with van der Waals surface area (Å²) in [6.45, 7) is 3.28. The predicted molar refractivity (Wildman–Crippen MR) is 65.3 cm³/mol. The van der Waals surface area contributed by atoms with E-state index in [1.807, 2.05) is 13.0 Å². The number of nitrogens with one attached hydrogen (secondary N) is 1. The number of rotatable bonds is 3. The zero-order chi connectivity index (χ0) is 12.3. The van der Waals surface area contributed by atoms with Crippen LogP contribution in [0.5, 0.6) is 0 Å². The molecule has 1 saturated heterocycles. The van der Waals surface area contributed by atoms with Gasteiger partial charge < -0.3 is 10.1 Å². The van der Waals surface area contributed by atoms with Crippen LogP contribution in [-0.4, -0.2) is 24.2 Å². The van der Waals surface area contributed by atoms with Gasteiger partial charge in [0.25, 0.3) is 5.69 Å². The standard InChI is InChI=1S/C12H16N2O3/c1-9-4-2-6-11(14(15)16)12(9)13-10-5-3-7-17-8-10/h2,4,6,10,13H,3,5,7-8H2,1H3. The number of nitrogens with zero attached hydrogens (tertiary/aromatic N) is 1. The molecule has 0 aromatic heterocycles. The maximum Gasteiger partial charge on any atom is 0.292 e. The molecule has 92 valence electrons. The first-order valence-corrected chi connectivity index (χ1v) is 5.77. The molecule has 5 nitrogen and oxygen atoms in total. The van der Waals surface area contributed by atoms with Crippen molar-refractivity contribution < 1.29 is 9.66 Å². The molecule has 1 unspecified atom stereocenters. The van der Waals surface area contributed by atoms with E-state index >= 15 is 0 Å². The zero-order valence-corrected chi connectivity index (χ0v) is 9.81. The number of hydrogen-bond acceptors (Lipinski definition) is 4. The second kappa shape index (κ2) is 5.14. The fraction of sp³-hybridized carbons (Fsp3) is 0.500. The third kappa shape index (κ3) is 2.74. The average Bonchev–Trinajstić information content (AvgIpc) is 2.33. The first-order chi connectivity index (χ1) is 8.18. The zero-order valence-electron chi connectivity index (χ0n) is 9.81. The van der Waals surface area contributed by atoms with Crippen LogP contribution in [-0.2, 0) is 4.74 Å². The van der Waals surface area contributed by atoms with Gasteiger partial charge in [0.1, 0.15) is 5.69 Å². The van der Waals surface area contributed by atoms with Gasteiger partial charge in [0.2, 0.25) is 0 Å². The smallest absolute Gasteiger partial charge is 0.292 e. The van der Waals surface area contributed by atoms with Crippen molar-refractivity contribution in [2.75, 3.05) is 18.5 Å². The fourth-order valence-electron chi connectivity index (χ4n) is 2.05. The molecule has 1 fully saturated rings. The molecule has 1 aliphatic heterocycles. The molecule has 0 radical (unpaired) electrons. The van der Waals surface area contributed by atoms with Crippen LogP contribution in [0.3, 0.4) is 0 Å². The first-order valence-electron chi connectivity index (χ1n) is 5.77. The highest BCUT2D eigenvalue weighted by Crippen LogP contribution is 2.29. The molecular formula is C12H16N2O3. The van der Waals surface area contributed by atoms with Crippen LogP contribution in [0.2, 0.25) is 0 Å². The Balaban J connectivity index is 2.21. The van der Waals surface area contributed by atoms with Gasteiger partial charge >= 0.3 is 0 Å². The maximum absolute atomic E-state index is 10.9. The van der Waals surface area contributed by atoms with Crippen LogP contribution in [0.15, 0.2) is 18.2 Å². The molecular weight excluding hydrogens is 220 g/mol. The lowest BCUT2D eigenvalue weighted by Gasteiger charge is -2.24. The minimum absolute atomic E-state index is 0.135. The normalized spacial score (nSPS) is 19.9. The average molecular weight is 236 g/mol. The third-order valence-electron chi connectivity index (χ3n) is 2.96. The molecule has 0 bridgehead atoms. The van der Waals surface area contributed by atoms with Gasteiger partial charge in [-0.1, -0.05) is 12.1 Å². The Morgan fingerprint density at radius 1 is 1.53 bits per heavy atom. The van der Waals surface area contributed by atoms with E-state index in [4.69, 9.17) is 4.74 Å². The second-order valence-electron chi connectivity index (χ2n) is 4.28. The van der Waals surface area contributed by atoms with Gasteiger partial charge in [-0.25, -0.2) is 0 Å². The van der Waals surface area contributed by atoms with E-state index in [2.05, 4.69) is 5.32 Å². The quantitative estimate of drug-likeness (QED) is 0.647. The number of benzene rings is 1. The molecule has 0 aliphatic carbocycles. The summed E-state index contributed by atoms with van der Waals surface area (Å²) in [7, 11) is 0. The minimum Gasteiger partial charge on any atom is -0.379 e. The van der Waals surface area contributed by atoms with E-state index in [0.717, 1.165) is 25.0 Å². The van der Waals surface area contributed by atoms with Crippen LogP contribution in [0.25, 0.3) is 0 Å². The Morgan fingerprint density at radius 3 is 3.00 bits per heavy atom. The summed E-state index contributed by atoms with van der Waals surface area (Å²) in [5.74, 6) is 0. The van der Waals surface area contributed by atoms with E-state index < -0.39 is 0 Å². The number of hydrogen-bond donors (Lipinski definition) is 1. The molecule has 1 N–H and O–H groups in total. The van der Waals surface area contributed by atoms with Crippen molar-refractivity contribution in [2.24, 2.45) is 0 Å². The summed E-state index contributed by atoms with van der Waals surface area (Å²) in [4.78, 5) is 10.6. The number of aryl methyl sites for hydroxylation is 1. The Hall–Kier alpha value is -1.62. The van der Waals surface area contributed by atoms with Crippen molar-refractivity contribution in [1.29, 1.82) is 0 Å². The van der Waals surface area contributed by atoms with Crippen molar-refractivity contribution in [3.8, 4) is 0 Å². The molecule has 1 aromatic carbocycles.